The van der Waals surface area contributed by atoms with Gasteiger partial charge in [0.05, 0.1) is 25.0 Å². The molecule has 0 spiro atoms. The third-order valence-corrected chi connectivity index (χ3v) is 7.09. The number of esters is 1. The van der Waals surface area contributed by atoms with Crippen molar-refractivity contribution in [2.45, 2.75) is 41.2 Å². The fourth-order valence-corrected chi connectivity index (χ4v) is 5.26. The van der Waals surface area contributed by atoms with Crippen molar-refractivity contribution in [1.82, 2.24) is 14.8 Å². The van der Waals surface area contributed by atoms with Crippen LogP contribution in [-0.4, -0.2) is 39.9 Å². The molecule has 1 aliphatic heterocycles. The standard InChI is InChI=1S/C25H25N3O6S/c1-6-33-24(31)20-14(3)16(5)35-23(20)28-13(2)10-17(15(28)4)11-19-21(29)26-25(32)27(22(19)30)12-18-8-7-9-34-18/h7-11H,6,12H2,1-5H3,(H,26,29,32). The number of nitrogens with one attached hydrogen (secondary N) is 1. The molecule has 1 saturated heterocycles. The first-order chi connectivity index (χ1) is 16.6. The number of urea groups is 1. The maximum Gasteiger partial charge on any atom is 0.341 e. The van der Waals surface area contributed by atoms with Gasteiger partial charge in [-0.1, -0.05) is 0 Å². The predicted molar refractivity (Wildman–Crippen MR) is 129 cm³/mol. The fraction of sp³-hybridized carbons (Fsp3) is 0.280. The number of hydrogen-bond donors (Lipinski definition) is 1. The lowest BCUT2D eigenvalue weighted by Gasteiger charge is -2.25. The second-order valence-corrected chi connectivity index (χ2v) is 9.34. The van der Waals surface area contributed by atoms with Crippen LogP contribution in [0.3, 0.4) is 0 Å². The van der Waals surface area contributed by atoms with Gasteiger partial charge in [0.2, 0.25) is 0 Å². The number of nitrogens with zero attached hydrogens (tertiary/aromatic N) is 2. The number of furan rings is 1. The van der Waals surface area contributed by atoms with Crippen LogP contribution in [0.5, 0.6) is 0 Å². The van der Waals surface area contributed by atoms with Crippen molar-refractivity contribution in [3.05, 3.63) is 68.8 Å². The highest BCUT2D eigenvalue weighted by Crippen LogP contribution is 2.35. The van der Waals surface area contributed by atoms with Gasteiger partial charge in [0.1, 0.15) is 16.3 Å². The molecule has 9 nitrogen and oxygen atoms in total. The van der Waals surface area contributed by atoms with E-state index in [9.17, 15) is 19.2 Å². The number of imide groups is 2. The molecule has 10 heteroatoms. The van der Waals surface area contributed by atoms with Crippen LogP contribution in [0, 0.1) is 27.7 Å². The van der Waals surface area contributed by atoms with E-state index in [0.717, 1.165) is 26.7 Å². The molecular weight excluding hydrogens is 470 g/mol. The van der Waals surface area contributed by atoms with E-state index < -0.39 is 23.8 Å². The Bertz CT molecular complexity index is 1380. The van der Waals surface area contributed by atoms with Crippen molar-refractivity contribution in [3.63, 3.8) is 0 Å². The third kappa shape index (κ3) is 4.32. The van der Waals surface area contributed by atoms with Crippen molar-refractivity contribution in [3.8, 4) is 5.00 Å². The molecule has 0 aromatic carbocycles. The first kappa shape index (κ1) is 24.2. The Balaban J connectivity index is 1.76. The van der Waals surface area contributed by atoms with Crippen LogP contribution in [0.25, 0.3) is 11.1 Å². The highest BCUT2D eigenvalue weighted by molar-refractivity contribution is 7.15. The molecule has 0 unspecified atom stereocenters. The minimum absolute atomic E-state index is 0.0992. The molecule has 0 saturated carbocycles. The van der Waals surface area contributed by atoms with Crippen LogP contribution < -0.4 is 5.32 Å². The zero-order valence-corrected chi connectivity index (χ0v) is 20.9. The van der Waals surface area contributed by atoms with Gasteiger partial charge in [-0.05, 0) is 70.0 Å². The summed E-state index contributed by atoms with van der Waals surface area (Å²) in [5.74, 6) is -1.47. The average Bonchev–Trinajstić information content (AvgIpc) is 3.48. The summed E-state index contributed by atoms with van der Waals surface area (Å²) in [6, 6.07) is 4.31. The number of carbonyl (C=O) groups is 4. The number of rotatable bonds is 6. The number of carbonyl (C=O) groups excluding carboxylic acids is 4. The molecule has 0 bridgehead atoms. The van der Waals surface area contributed by atoms with Gasteiger partial charge in [0, 0.05) is 16.3 Å². The number of thiophene rings is 1. The highest BCUT2D eigenvalue weighted by Gasteiger charge is 2.36. The van der Waals surface area contributed by atoms with Crippen LogP contribution in [0.2, 0.25) is 0 Å². The summed E-state index contributed by atoms with van der Waals surface area (Å²) in [6.45, 7) is 9.47. The van der Waals surface area contributed by atoms with E-state index in [1.807, 2.05) is 38.3 Å². The zero-order valence-electron chi connectivity index (χ0n) is 20.1. The van der Waals surface area contributed by atoms with Crippen molar-refractivity contribution in [2.24, 2.45) is 0 Å². The Morgan fingerprint density at radius 2 is 1.94 bits per heavy atom. The minimum Gasteiger partial charge on any atom is -0.467 e. The van der Waals surface area contributed by atoms with Gasteiger partial charge >= 0.3 is 12.0 Å². The first-order valence-corrected chi connectivity index (χ1v) is 11.8. The van der Waals surface area contributed by atoms with E-state index in [1.165, 1.54) is 23.7 Å². The van der Waals surface area contributed by atoms with E-state index in [1.54, 1.807) is 19.1 Å². The Morgan fingerprint density at radius 1 is 1.20 bits per heavy atom. The minimum atomic E-state index is -0.803. The smallest absolute Gasteiger partial charge is 0.341 e. The van der Waals surface area contributed by atoms with Gasteiger partial charge in [-0.15, -0.1) is 11.3 Å². The van der Waals surface area contributed by atoms with E-state index in [-0.39, 0.29) is 18.7 Å². The van der Waals surface area contributed by atoms with Gasteiger partial charge in [0.25, 0.3) is 11.8 Å². The monoisotopic (exact) mass is 495 g/mol. The van der Waals surface area contributed by atoms with Crippen molar-refractivity contribution in [2.75, 3.05) is 6.61 Å². The van der Waals surface area contributed by atoms with E-state index in [2.05, 4.69) is 5.32 Å². The van der Waals surface area contributed by atoms with Gasteiger partial charge in [-0.3, -0.25) is 19.8 Å². The summed E-state index contributed by atoms with van der Waals surface area (Å²) in [7, 11) is 0. The van der Waals surface area contributed by atoms with Crippen molar-refractivity contribution >= 4 is 41.2 Å². The highest BCUT2D eigenvalue weighted by atomic mass is 32.1. The Hall–Kier alpha value is -3.92. The van der Waals surface area contributed by atoms with E-state index in [4.69, 9.17) is 9.15 Å². The molecule has 0 radical (unpaired) electrons. The lowest BCUT2D eigenvalue weighted by atomic mass is 10.1. The quantitative estimate of drug-likeness (QED) is 0.312. The summed E-state index contributed by atoms with van der Waals surface area (Å²) >= 11 is 1.47. The summed E-state index contributed by atoms with van der Waals surface area (Å²) in [4.78, 5) is 52.6. The predicted octanol–water partition coefficient (Wildman–Crippen LogP) is 4.20. The fourth-order valence-electron chi connectivity index (χ4n) is 4.01. The topological polar surface area (TPSA) is 111 Å². The molecule has 4 heterocycles. The average molecular weight is 496 g/mol. The molecule has 4 rings (SSSR count). The van der Waals surface area contributed by atoms with Gasteiger partial charge < -0.3 is 13.7 Å². The molecule has 35 heavy (non-hydrogen) atoms. The van der Waals surface area contributed by atoms with Crippen LogP contribution >= 0.6 is 11.3 Å². The van der Waals surface area contributed by atoms with Crippen LogP contribution in [0.1, 0.15) is 50.4 Å². The van der Waals surface area contributed by atoms with Crippen molar-refractivity contribution < 1.29 is 28.3 Å². The number of aryl methyl sites for hydroxylation is 2. The number of aromatic nitrogens is 1. The molecule has 0 atom stereocenters. The zero-order chi connectivity index (χ0) is 25.4. The molecule has 3 aromatic heterocycles. The SMILES string of the molecule is CCOC(=O)c1c(-n2c(C)cc(C=C3C(=O)NC(=O)N(Cc4ccco4)C3=O)c2C)sc(C)c1C. The Morgan fingerprint density at radius 3 is 2.60 bits per heavy atom. The number of hydrogen-bond acceptors (Lipinski definition) is 7. The summed E-state index contributed by atoms with van der Waals surface area (Å²) in [5.41, 5.74) is 3.35. The van der Waals surface area contributed by atoms with Crippen LogP contribution in [0.4, 0.5) is 4.79 Å². The maximum absolute atomic E-state index is 13.1. The molecule has 4 amide bonds. The second kappa shape index (κ2) is 9.38. The third-order valence-electron chi connectivity index (χ3n) is 5.90. The largest absolute Gasteiger partial charge is 0.467 e. The molecular formula is C25H25N3O6S. The van der Waals surface area contributed by atoms with Gasteiger partial charge in [-0.2, -0.15) is 0 Å². The lowest BCUT2D eigenvalue weighted by Crippen LogP contribution is -2.53. The van der Waals surface area contributed by atoms with E-state index >= 15 is 0 Å². The van der Waals surface area contributed by atoms with Crippen LogP contribution in [-0.2, 0) is 20.9 Å². The van der Waals surface area contributed by atoms with Crippen LogP contribution in [0.15, 0.2) is 34.5 Å². The molecule has 182 valence electrons. The van der Waals surface area contributed by atoms with E-state index in [0.29, 0.717) is 21.9 Å². The molecule has 1 fully saturated rings. The number of ether oxygens (including phenoxy) is 1. The lowest BCUT2D eigenvalue weighted by molar-refractivity contribution is -0.130. The summed E-state index contributed by atoms with van der Waals surface area (Å²) < 4.78 is 12.4. The first-order valence-electron chi connectivity index (χ1n) is 11.0. The molecule has 0 aliphatic carbocycles. The Kier molecular flexibility index (Phi) is 6.49. The molecule has 1 N–H and O–H groups in total. The Labute approximate surface area is 206 Å². The summed E-state index contributed by atoms with van der Waals surface area (Å²) in [5, 5.41) is 2.93. The molecule has 3 aromatic rings. The second-order valence-electron chi connectivity index (χ2n) is 8.13. The maximum atomic E-state index is 13.1. The normalized spacial score (nSPS) is 15.2. The van der Waals surface area contributed by atoms with Gasteiger partial charge in [-0.25, -0.2) is 9.59 Å². The van der Waals surface area contributed by atoms with Crippen molar-refractivity contribution in [1.29, 1.82) is 0 Å². The number of barbiturate groups is 1. The molecule has 1 aliphatic rings. The summed E-state index contributed by atoms with van der Waals surface area (Å²) in [6.07, 6.45) is 2.91. The van der Waals surface area contributed by atoms with Gasteiger partial charge in [0.15, 0.2) is 0 Å². The number of amides is 4.